The second-order valence-corrected chi connectivity index (χ2v) is 7.20. The summed E-state index contributed by atoms with van der Waals surface area (Å²) in [5.74, 6) is 1.62. The van der Waals surface area contributed by atoms with Crippen LogP contribution in [0.25, 0.3) is 0 Å². The van der Waals surface area contributed by atoms with Crippen molar-refractivity contribution in [1.29, 1.82) is 0 Å². The van der Waals surface area contributed by atoms with Crippen molar-refractivity contribution in [3.63, 3.8) is 0 Å². The Balaban J connectivity index is 1.85. The molecule has 0 bridgehead atoms. The van der Waals surface area contributed by atoms with Crippen molar-refractivity contribution in [1.82, 2.24) is 9.36 Å². The molecule has 1 saturated carbocycles. The minimum atomic E-state index is 0.0328. The molecule has 1 aromatic heterocycles. The van der Waals surface area contributed by atoms with E-state index < -0.39 is 0 Å². The molecule has 0 aromatic carbocycles. The molecule has 1 N–H and O–H groups in total. The molecular formula is C12H20ClN3S. The van der Waals surface area contributed by atoms with E-state index >= 15 is 0 Å². The zero-order valence-corrected chi connectivity index (χ0v) is 12.2. The smallest absolute Gasteiger partial charge is 0.202 e. The van der Waals surface area contributed by atoms with E-state index in [1.54, 1.807) is 0 Å². The SMILES string of the molecule is CC(C)(C)c1nsc(NCC2CCC(Cl)C2)n1. The number of nitrogens with zero attached hydrogens (tertiary/aromatic N) is 2. The fourth-order valence-corrected chi connectivity index (χ4v) is 3.17. The van der Waals surface area contributed by atoms with Gasteiger partial charge in [-0.25, -0.2) is 4.98 Å². The number of nitrogens with one attached hydrogen (secondary N) is 1. The number of hydrogen-bond acceptors (Lipinski definition) is 4. The van der Waals surface area contributed by atoms with E-state index in [2.05, 4.69) is 35.4 Å². The van der Waals surface area contributed by atoms with Gasteiger partial charge in [-0.15, -0.1) is 11.6 Å². The van der Waals surface area contributed by atoms with E-state index in [0.717, 1.165) is 30.3 Å². The van der Waals surface area contributed by atoms with E-state index in [9.17, 15) is 0 Å². The first kappa shape index (κ1) is 13.1. The monoisotopic (exact) mass is 273 g/mol. The second kappa shape index (κ2) is 5.11. The van der Waals surface area contributed by atoms with Gasteiger partial charge in [0.05, 0.1) is 0 Å². The van der Waals surface area contributed by atoms with Crippen LogP contribution < -0.4 is 5.32 Å². The van der Waals surface area contributed by atoms with Crippen LogP contribution in [0, 0.1) is 5.92 Å². The molecule has 1 aliphatic rings. The van der Waals surface area contributed by atoms with Crippen LogP contribution in [-0.2, 0) is 5.41 Å². The molecule has 3 nitrogen and oxygen atoms in total. The predicted octanol–water partition coefficient (Wildman–Crippen LogP) is 3.66. The van der Waals surface area contributed by atoms with Gasteiger partial charge in [0, 0.05) is 28.9 Å². The standard InChI is InChI=1S/C12H20ClN3S/c1-12(2,3)10-15-11(17-16-10)14-7-8-4-5-9(13)6-8/h8-9H,4-7H2,1-3H3,(H,14,15,16). The highest BCUT2D eigenvalue weighted by atomic mass is 35.5. The van der Waals surface area contributed by atoms with Gasteiger partial charge in [0.1, 0.15) is 5.82 Å². The molecule has 0 radical (unpaired) electrons. The Hall–Kier alpha value is -0.350. The van der Waals surface area contributed by atoms with Gasteiger partial charge in [0.25, 0.3) is 0 Å². The molecule has 1 aromatic rings. The van der Waals surface area contributed by atoms with Crippen molar-refractivity contribution < 1.29 is 0 Å². The molecular weight excluding hydrogens is 254 g/mol. The predicted molar refractivity (Wildman–Crippen MR) is 74.1 cm³/mol. The summed E-state index contributed by atoms with van der Waals surface area (Å²) < 4.78 is 4.39. The molecule has 1 aliphatic carbocycles. The summed E-state index contributed by atoms with van der Waals surface area (Å²) in [5, 5.41) is 4.70. The molecule has 17 heavy (non-hydrogen) atoms. The van der Waals surface area contributed by atoms with Crippen LogP contribution in [0.2, 0.25) is 0 Å². The Bertz CT molecular complexity index is 372. The zero-order valence-electron chi connectivity index (χ0n) is 10.7. The summed E-state index contributed by atoms with van der Waals surface area (Å²) in [6, 6.07) is 0. The third-order valence-electron chi connectivity index (χ3n) is 3.12. The maximum Gasteiger partial charge on any atom is 0.202 e. The summed E-state index contributed by atoms with van der Waals surface area (Å²) in [6.45, 7) is 7.37. The molecule has 2 unspecified atom stereocenters. The normalized spacial score (nSPS) is 25.2. The van der Waals surface area contributed by atoms with E-state index in [0.29, 0.717) is 11.3 Å². The van der Waals surface area contributed by atoms with Crippen molar-refractivity contribution in [2.75, 3.05) is 11.9 Å². The van der Waals surface area contributed by atoms with Gasteiger partial charge < -0.3 is 5.32 Å². The summed E-state index contributed by atoms with van der Waals surface area (Å²) in [6.07, 6.45) is 3.50. The van der Waals surface area contributed by atoms with Crippen LogP contribution in [0.15, 0.2) is 0 Å². The molecule has 1 fully saturated rings. The Labute approximate surface area is 112 Å². The third-order valence-corrected chi connectivity index (χ3v) is 4.19. The van der Waals surface area contributed by atoms with E-state index in [1.165, 1.54) is 18.0 Å². The topological polar surface area (TPSA) is 37.8 Å². The Kier molecular flexibility index (Phi) is 3.93. The van der Waals surface area contributed by atoms with E-state index in [4.69, 9.17) is 11.6 Å². The summed E-state index contributed by atoms with van der Waals surface area (Å²) in [7, 11) is 0. The van der Waals surface area contributed by atoms with Crippen molar-refractivity contribution in [3.05, 3.63) is 5.82 Å². The van der Waals surface area contributed by atoms with Crippen molar-refractivity contribution in [2.24, 2.45) is 5.92 Å². The molecule has 0 amide bonds. The van der Waals surface area contributed by atoms with Crippen LogP contribution >= 0.6 is 23.1 Å². The van der Waals surface area contributed by atoms with E-state index in [1.807, 2.05) is 0 Å². The lowest BCUT2D eigenvalue weighted by Gasteiger charge is -2.12. The van der Waals surface area contributed by atoms with Crippen molar-refractivity contribution in [2.45, 2.75) is 50.8 Å². The lowest BCUT2D eigenvalue weighted by molar-refractivity contribution is 0.553. The summed E-state index contributed by atoms with van der Waals surface area (Å²) in [5.41, 5.74) is 0.0328. The van der Waals surface area contributed by atoms with Gasteiger partial charge in [0.15, 0.2) is 0 Å². The first-order valence-electron chi connectivity index (χ1n) is 6.17. The van der Waals surface area contributed by atoms with Gasteiger partial charge in [-0.1, -0.05) is 20.8 Å². The number of aromatic nitrogens is 2. The van der Waals surface area contributed by atoms with Gasteiger partial charge in [-0.05, 0) is 25.2 Å². The summed E-state index contributed by atoms with van der Waals surface area (Å²) in [4.78, 5) is 4.52. The minimum absolute atomic E-state index is 0.0328. The van der Waals surface area contributed by atoms with Crippen molar-refractivity contribution in [3.8, 4) is 0 Å². The largest absolute Gasteiger partial charge is 0.360 e. The molecule has 0 spiro atoms. The Morgan fingerprint density at radius 1 is 1.41 bits per heavy atom. The molecule has 0 aliphatic heterocycles. The van der Waals surface area contributed by atoms with Crippen molar-refractivity contribution >= 4 is 28.3 Å². The molecule has 0 saturated heterocycles. The zero-order chi connectivity index (χ0) is 12.5. The third kappa shape index (κ3) is 3.55. The lowest BCUT2D eigenvalue weighted by atomic mass is 9.96. The maximum absolute atomic E-state index is 6.10. The first-order chi connectivity index (χ1) is 7.95. The number of anilines is 1. The van der Waals surface area contributed by atoms with Gasteiger partial charge in [0.2, 0.25) is 5.13 Å². The van der Waals surface area contributed by atoms with Crippen LogP contribution in [0.3, 0.4) is 0 Å². The van der Waals surface area contributed by atoms with Crippen LogP contribution in [0.4, 0.5) is 5.13 Å². The summed E-state index contributed by atoms with van der Waals surface area (Å²) >= 11 is 7.55. The average molecular weight is 274 g/mol. The highest BCUT2D eigenvalue weighted by molar-refractivity contribution is 7.09. The van der Waals surface area contributed by atoms with Crippen LogP contribution in [-0.4, -0.2) is 21.3 Å². The molecule has 5 heteroatoms. The van der Waals surface area contributed by atoms with Gasteiger partial charge in [-0.2, -0.15) is 4.37 Å². The average Bonchev–Trinajstić information content (AvgIpc) is 2.82. The van der Waals surface area contributed by atoms with Crippen LogP contribution in [0.5, 0.6) is 0 Å². The maximum atomic E-state index is 6.10. The highest BCUT2D eigenvalue weighted by Crippen LogP contribution is 2.30. The number of halogens is 1. The number of alkyl halides is 1. The second-order valence-electron chi connectivity index (χ2n) is 5.83. The number of hydrogen-bond donors (Lipinski definition) is 1. The fourth-order valence-electron chi connectivity index (χ4n) is 2.03. The molecule has 2 rings (SSSR count). The number of rotatable bonds is 3. The minimum Gasteiger partial charge on any atom is -0.360 e. The first-order valence-corrected chi connectivity index (χ1v) is 7.38. The lowest BCUT2D eigenvalue weighted by Crippen LogP contribution is -2.14. The fraction of sp³-hybridized carbons (Fsp3) is 0.833. The van der Waals surface area contributed by atoms with Crippen LogP contribution in [0.1, 0.15) is 45.9 Å². The molecule has 2 atom stereocenters. The Morgan fingerprint density at radius 2 is 2.18 bits per heavy atom. The molecule has 1 heterocycles. The molecule has 96 valence electrons. The quantitative estimate of drug-likeness (QED) is 0.854. The highest BCUT2D eigenvalue weighted by Gasteiger charge is 2.23. The Morgan fingerprint density at radius 3 is 2.71 bits per heavy atom. The van der Waals surface area contributed by atoms with Gasteiger partial charge >= 0.3 is 0 Å². The van der Waals surface area contributed by atoms with Gasteiger partial charge in [-0.3, -0.25) is 0 Å². The van der Waals surface area contributed by atoms with E-state index in [-0.39, 0.29) is 5.41 Å².